The van der Waals surface area contributed by atoms with Crippen LogP contribution in [0, 0.1) is 11.3 Å². The highest BCUT2D eigenvalue weighted by atomic mass is 79.9. The molecule has 0 aromatic heterocycles. The van der Waals surface area contributed by atoms with Crippen LogP contribution in [0.4, 0.5) is 0 Å². The van der Waals surface area contributed by atoms with E-state index in [1.807, 2.05) is 6.07 Å². The van der Waals surface area contributed by atoms with Crippen molar-refractivity contribution in [2.45, 2.75) is 6.42 Å². The number of benzene rings is 1. The molecule has 0 saturated carbocycles. The minimum atomic E-state index is 0.0842. The molecule has 0 amide bonds. The summed E-state index contributed by atoms with van der Waals surface area (Å²) < 4.78 is 0.514. The van der Waals surface area contributed by atoms with Gasteiger partial charge in [-0.15, -0.1) is 0 Å². The van der Waals surface area contributed by atoms with Crippen LogP contribution in [0.25, 0.3) is 0 Å². The monoisotopic (exact) mass is 245 g/mol. The van der Waals surface area contributed by atoms with Crippen molar-refractivity contribution in [3.63, 3.8) is 0 Å². The molecule has 0 saturated heterocycles. The van der Waals surface area contributed by atoms with Crippen molar-refractivity contribution in [3.05, 3.63) is 27.2 Å². The zero-order valence-electron chi connectivity index (χ0n) is 6.01. The Bertz CT molecular complexity index is 346. The van der Waals surface area contributed by atoms with E-state index in [9.17, 15) is 5.11 Å². The van der Waals surface area contributed by atoms with Crippen LogP contribution in [-0.4, -0.2) is 5.11 Å². The summed E-state index contributed by atoms with van der Waals surface area (Å²) in [6.45, 7) is 0. The van der Waals surface area contributed by atoms with E-state index >= 15 is 0 Å². The Morgan fingerprint density at radius 2 is 2.25 bits per heavy atom. The lowest BCUT2D eigenvalue weighted by Crippen LogP contribution is -1.83. The van der Waals surface area contributed by atoms with Crippen LogP contribution in [0.2, 0.25) is 5.02 Å². The second kappa shape index (κ2) is 3.79. The number of hydrogen-bond donors (Lipinski definition) is 1. The first-order valence-corrected chi connectivity index (χ1v) is 4.36. The van der Waals surface area contributed by atoms with Crippen LogP contribution in [-0.2, 0) is 6.42 Å². The smallest absolute Gasteiger partial charge is 0.134 e. The number of aromatic hydroxyl groups is 1. The first kappa shape index (κ1) is 9.37. The molecule has 62 valence electrons. The molecule has 0 unspecified atom stereocenters. The number of rotatable bonds is 1. The summed E-state index contributed by atoms with van der Waals surface area (Å²) >= 11 is 8.83. The van der Waals surface area contributed by atoms with E-state index < -0.39 is 0 Å². The third kappa shape index (κ3) is 1.90. The Kier molecular flexibility index (Phi) is 2.96. The van der Waals surface area contributed by atoms with Crippen molar-refractivity contribution in [1.82, 2.24) is 0 Å². The van der Waals surface area contributed by atoms with Crippen molar-refractivity contribution >= 4 is 27.5 Å². The van der Waals surface area contributed by atoms with Crippen LogP contribution in [0.15, 0.2) is 16.6 Å². The van der Waals surface area contributed by atoms with Gasteiger partial charge in [0, 0.05) is 10.6 Å². The normalized spacial score (nSPS) is 9.42. The maximum atomic E-state index is 9.40. The van der Waals surface area contributed by atoms with Crippen molar-refractivity contribution < 1.29 is 5.11 Å². The lowest BCUT2D eigenvalue weighted by atomic mass is 10.1. The molecule has 0 aliphatic heterocycles. The molecule has 0 radical (unpaired) electrons. The van der Waals surface area contributed by atoms with Gasteiger partial charge in [-0.1, -0.05) is 11.6 Å². The van der Waals surface area contributed by atoms with Crippen LogP contribution in [0.5, 0.6) is 5.75 Å². The van der Waals surface area contributed by atoms with Crippen LogP contribution >= 0.6 is 27.5 Å². The van der Waals surface area contributed by atoms with Crippen molar-refractivity contribution in [2.75, 3.05) is 0 Å². The predicted octanol–water partition coefficient (Wildman–Crippen LogP) is 2.87. The fourth-order valence-electron chi connectivity index (χ4n) is 0.839. The van der Waals surface area contributed by atoms with Gasteiger partial charge in [-0.05, 0) is 28.1 Å². The second-order valence-corrected chi connectivity index (χ2v) is 3.52. The molecule has 1 aromatic rings. The molecule has 0 aliphatic rings. The average Bonchev–Trinajstić information content (AvgIpc) is 2.00. The number of nitrogens with zero attached hydrogens (tertiary/aromatic N) is 1. The van der Waals surface area contributed by atoms with Gasteiger partial charge in [0.25, 0.3) is 0 Å². The summed E-state index contributed by atoms with van der Waals surface area (Å²) in [4.78, 5) is 0. The minimum Gasteiger partial charge on any atom is -0.506 e. The van der Waals surface area contributed by atoms with Crippen molar-refractivity contribution in [3.8, 4) is 11.8 Å². The zero-order valence-corrected chi connectivity index (χ0v) is 8.35. The summed E-state index contributed by atoms with van der Waals surface area (Å²) in [6.07, 6.45) is 0.158. The van der Waals surface area contributed by atoms with Crippen LogP contribution < -0.4 is 0 Å². The summed E-state index contributed by atoms with van der Waals surface area (Å²) in [6, 6.07) is 5.10. The predicted molar refractivity (Wildman–Crippen MR) is 50.1 cm³/mol. The van der Waals surface area contributed by atoms with E-state index in [0.717, 1.165) is 0 Å². The van der Waals surface area contributed by atoms with E-state index in [2.05, 4.69) is 15.9 Å². The lowest BCUT2D eigenvalue weighted by Gasteiger charge is -2.02. The molecule has 0 spiro atoms. The molecular weight excluding hydrogens is 241 g/mol. The Hall–Kier alpha value is -0.720. The summed E-state index contributed by atoms with van der Waals surface area (Å²) in [7, 11) is 0. The van der Waals surface area contributed by atoms with Crippen molar-refractivity contribution in [1.29, 1.82) is 5.26 Å². The number of phenols is 1. The minimum absolute atomic E-state index is 0.0842. The maximum Gasteiger partial charge on any atom is 0.134 e. The van der Waals surface area contributed by atoms with E-state index in [-0.39, 0.29) is 12.2 Å². The van der Waals surface area contributed by atoms with Gasteiger partial charge in [0.2, 0.25) is 0 Å². The molecule has 0 aliphatic carbocycles. The standard InChI is InChI=1S/C8H5BrClNO/c9-7-4-6(10)3-5(1-2-11)8(7)12/h3-4,12H,1H2. The highest BCUT2D eigenvalue weighted by Crippen LogP contribution is 2.31. The number of hydrogen-bond acceptors (Lipinski definition) is 2. The topological polar surface area (TPSA) is 44.0 Å². The summed E-state index contributed by atoms with van der Waals surface area (Å²) in [5.41, 5.74) is 0.539. The largest absolute Gasteiger partial charge is 0.506 e. The van der Waals surface area contributed by atoms with Gasteiger partial charge < -0.3 is 5.11 Å². The van der Waals surface area contributed by atoms with E-state index in [1.54, 1.807) is 12.1 Å². The van der Waals surface area contributed by atoms with Gasteiger partial charge in [0.1, 0.15) is 5.75 Å². The van der Waals surface area contributed by atoms with Gasteiger partial charge in [-0.2, -0.15) is 5.26 Å². The summed E-state index contributed by atoms with van der Waals surface area (Å²) in [5, 5.41) is 18.3. The molecule has 0 atom stereocenters. The van der Waals surface area contributed by atoms with Gasteiger partial charge in [0.05, 0.1) is 17.0 Å². The SMILES string of the molecule is N#CCc1cc(Cl)cc(Br)c1O. The Labute approximate surface area is 83.5 Å². The molecule has 1 rings (SSSR count). The highest BCUT2D eigenvalue weighted by molar-refractivity contribution is 9.10. The average molecular weight is 246 g/mol. The molecule has 4 heteroatoms. The zero-order chi connectivity index (χ0) is 9.14. The number of phenolic OH excluding ortho intramolecular Hbond substituents is 1. The molecular formula is C8H5BrClNO. The molecule has 1 N–H and O–H groups in total. The molecule has 0 bridgehead atoms. The number of nitriles is 1. The Balaban J connectivity index is 3.20. The fourth-order valence-corrected chi connectivity index (χ4v) is 1.71. The Morgan fingerprint density at radius 3 is 2.83 bits per heavy atom. The molecule has 2 nitrogen and oxygen atoms in total. The molecule has 0 heterocycles. The molecule has 12 heavy (non-hydrogen) atoms. The van der Waals surface area contributed by atoms with Gasteiger partial charge in [-0.3, -0.25) is 0 Å². The lowest BCUT2D eigenvalue weighted by molar-refractivity contribution is 0.466. The third-order valence-electron chi connectivity index (χ3n) is 1.38. The molecule has 0 fully saturated rings. The molecule has 1 aromatic carbocycles. The van der Waals surface area contributed by atoms with Gasteiger partial charge in [0.15, 0.2) is 0 Å². The highest BCUT2D eigenvalue weighted by Gasteiger charge is 2.06. The van der Waals surface area contributed by atoms with E-state index in [4.69, 9.17) is 16.9 Å². The first-order chi connectivity index (χ1) is 5.65. The second-order valence-electron chi connectivity index (χ2n) is 2.23. The first-order valence-electron chi connectivity index (χ1n) is 3.19. The van der Waals surface area contributed by atoms with Crippen LogP contribution in [0.3, 0.4) is 0 Å². The van der Waals surface area contributed by atoms with Crippen LogP contribution in [0.1, 0.15) is 5.56 Å². The van der Waals surface area contributed by atoms with Crippen molar-refractivity contribution in [2.24, 2.45) is 0 Å². The Morgan fingerprint density at radius 1 is 1.58 bits per heavy atom. The number of halogens is 2. The quantitative estimate of drug-likeness (QED) is 0.828. The summed E-state index contributed by atoms with van der Waals surface area (Å²) in [5.74, 6) is 0.0842. The van der Waals surface area contributed by atoms with E-state index in [1.165, 1.54) is 0 Å². The van der Waals surface area contributed by atoms with Gasteiger partial charge in [-0.25, -0.2) is 0 Å². The van der Waals surface area contributed by atoms with Gasteiger partial charge >= 0.3 is 0 Å². The third-order valence-corrected chi connectivity index (χ3v) is 2.20. The maximum absolute atomic E-state index is 9.40. The fraction of sp³-hybridized carbons (Fsp3) is 0.125. The van der Waals surface area contributed by atoms with E-state index in [0.29, 0.717) is 15.1 Å².